The van der Waals surface area contributed by atoms with Gasteiger partial charge in [0.2, 0.25) is 5.91 Å². The summed E-state index contributed by atoms with van der Waals surface area (Å²) in [5, 5.41) is 40.5. The highest BCUT2D eigenvalue weighted by atomic mass is 16.4. The lowest BCUT2D eigenvalue weighted by Crippen LogP contribution is -2.48. The number of pyridine rings is 1. The quantitative estimate of drug-likeness (QED) is 0.355. The van der Waals surface area contributed by atoms with Gasteiger partial charge >= 0.3 is 13.1 Å². The van der Waals surface area contributed by atoms with Gasteiger partial charge in [-0.25, -0.2) is 9.78 Å². The van der Waals surface area contributed by atoms with Crippen LogP contribution in [0.5, 0.6) is 5.75 Å². The minimum Gasteiger partial charge on any atom is -0.507 e. The number of anilines is 1. The minimum atomic E-state index is -1.91. The number of aromatic carboxylic acids is 1. The fraction of sp³-hybridized carbons (Fsp3) is 0.188. The van der Waals surface area contributed by atoms with Gasteiger partial charge in [0.15, 0.2) is 0 Å². The second kappa shape index (κ2) is 8.32. The first kappa shape index (κ1) is 19.2. The van der Waals surface area contributed by atoms with Crippen molar-refractivity contribution in [2.45, 2.75) is 18.8 Å². The summed E-state index contributed by atoms with van der Waals surface area (Å²) in [4.78, 5) is 27.0. The van der Waals surface area contributed by atoms with Crippen LogP contribution in [0.4, 0.5) is 5.82 Å². The molecular weight excluding hydrogens is 341 g/mol. The van der Waals surface area contributed by atoms with E-state index >= 15 is 0 Å². The van der Waals surface area contributed by atoms with Gasteiger partial charge in [0.05, 0.1) is 12.4 Å². The number of nitrogens with two attached hydrogens (primary N) is 1. The van der Waals surface area contributed by atoms with E-state index in [2.05, 4.69) is 10.3 Å². The molecule has 2 rings (SSSR count). The molecule has 0 saturated heterocycles. The van der Waals surface area contributed by atoms with Crippen molar-refractivity contribution >= 4 is 24.8 Å². The molecule has 136 valence electrons. The van der Waals surface area contributed by atoms with Gasteiger partial charge in [-0.15, -0.1) is 0 Å². The molecule has 0 aliphatic rings. The zero-order valence-electron chi connectivity index (χ0n) is 13.7. The third-order valence-corrected chi connectivity index (χ3v) is 3.71. The number of aromatic hydroxyl groups is 1. The molecule has 1 aromatic carbocycles. The first-order valence-electron chi connectivity index (χ1n) is 7.68. The number of para-hydroxylation sites is 1. The van der Waals surface area contributed by atoms with Crippen LogP contribution in [0.2, 0.25) is 0 Å². The largest absolute Gasteiger partial charge is 0.507 e. The Morgan fingerprint density at radius 2 is 1.96 bits per heavy atom. The van der Waals surface area contributed by atoms with E-state index in [1.165, 1.54) is 30.5 Å². The van der Waals surface area contributed by atoms with Crippen molar-refractivity contribution in [2.24, 2.45) is 0 Å². The van der Waals surface area contributed by atoms with Crippen LogP contribution in [0.1, 0.15) is 21.5 Å². The summed E-state index contributed by atoms with van der Waals surface area (Å²) in [6.45, 7) is 0. The lowest BCUT2D eigenvalue weighted by atomic mass is 9.75. The summed E-state index contributed by atoms with van der Waals surface area (Å²) >= 11 is 0. The first-order chi connectivity index (χ1) is 12.3. The molecule has 1 amide bonds. The molecule has 0 bridgehead atoms. The number of benzene rings is 1. The number of hydrogen-bond acceptors (Lipinski definition) is 7. The number of carbonyl (C=O) groups excluding carboxylic acids is 1. The number of rotatable bonds is 7. The van der Waals surface area contributed by atoms with E-state index in [0.29, 0.717) is 11.4 Å². The van der Waals surface area contributed by atoms with Crippen LogP contribution in [0, 0.1) is 0 Å². The monoisotopic (exact) mass is 359 g/mol. The van der Waals surface area contributed by atoms with Crippen molar-refractivity contribution in [1.29, 1.82) is 0 Å². The fourth-order valence-corrected chi connectivity index (χ4v) is 2.38. The zero-order valence-corrected chi connectivity index (χ0v) is 13.7. The maximum atomic E-state index is 12.1. The number of phenols is 1. The summed E-state index contributed by atoms with van der Waals surface area (Å²) < 4.78 is 0. The molecule has 0 aliphatic carbocycles. The lowest BCUT2D eigenvalue weighted by molar-refractivity contribution is -0.120. The molecule has 1 heterocycles. The predicted octanol–water partition coefficient (Wildman–Crippen LogP) is -0.650. The second-order valence-electron chi connectivity index (χ2n) is 5.68. The van der Waals surface area contributed by atoms with Gasteiger partial charge in [0, 0.05) is 6.20 Å². The Hall–Kier alpha value is -3.11. The van der Waals surface area contributed by atoms with Gasteiger partial charge in [-0.05, 0) is 29.7 Å². The van der Waals surface area contributed by atoms with Gasteiger partial charge in [-0.3, -0.25) is 4.79 Å². The summed E-state index contributed by atoms with van der Waals surface area (Å²) in [6.07, 6.45) is 1.20. The molecule has 0 aliphatic heterocycles. The average molecular weight is 359 g/mol. The lowest BCUT2D eigenvalue weighted by Gasteiger charge is -2.19. The molecule has 9 nitrogen and oxygen atoms in total. The van der Waals surface area contributed by atoms with Crippen LogP contribution in [0.25, 0.3) is 0 Å². The van der Waals surface area contributed by atoms with Crippen LogP contribution in [-0.4, -0.2) is 50.2 Å². The van der Waals surface area contributed by atoms with Gasteiger partial charge in [0.25, 0.3) is 0 Å². The Morgan fingerprint density at radius 1 is 1.23 bits per heavy atom. The molecule has 26 heavy (non-hydrogen) atoms. The molecule has 1 aromatic heterocycles. The summed E-state index contributed by atoms with van der Waals surface area (Å²) in [6, 6.07) is 7.23. The third-order valence-electron chi connectivity index (χ3n) is 3.71. The second-order valence-corrected chi connectivity index (χ2v) is 5.68. The summed E-state index contributed by atoms with van der Waals surface area (Å²) in [5.74, 6) is -3.12. The van der Waals surface area contributed by atoms with Crippen LogP contribution in [0.15, 0.2) is 36.5 Å². The fourth-order valence-electron chi connectivity index (χ4n) is 2.38. The predicted molar refractivity (Wildman–Crippen MR) is 93.2 cm³/mol. The van der Waals surface area contributed by atoms with E-state index in [9.17, 15) is 24.7 Å². The van der Waals surface area contributed by atoms with E-state index in [4.69, 9.17) is 10.8 Å². The smallest absolute Gasteiger partial charge is 0.475 e. The molecule has 0 radical (unpaired) electrons. The highest BCUT2D eigenvalue weighted by Gasteiger charge is 2.27. The Morgan fingerprint density at radius 3 is 2.54 bits per heavy atom. The van der Waals surface area contributed by atoms with Crippen molar-refractivity contribution in [3.63, 3.8) is 0 Å². The van der Waals surface area contributed by atoms with Crippen molar-refractivity contribution in [3.05, 3.63) is 53.2 Å². The molecule has 0 fully saturated rings. The Bertz CT molecular complexity index is 797. The van der Waals surface area contributed by atoms with Gasteiger partial charge in [0.1, 0.15) is 17.1 Å². The van der Waals surface area contributed by atoms with Crippen molar-refractivity contribution in [3.8, 4) is 5.75 Å². The van der Waals surface area contributed by atoms with Crippen molar-refractivity contribution < 1.29 is 29.9 Å². The van der Waals surface area contributed by atoms with E-state index in [-0.39, 0.29) is 24.0 Å². The standard InChI is InChI=1S/C16H18BN3O6/c18-13-5-4-9(8-19-13)6-14(21)20-12(17(25)26)7-10-2-1-3-11(15(10)22)16(23)24/h1-5,8,12,22,25-26H,6-7H2,(H2,18,19)(H,20,21)(H,23,24). The number of nitrogens with zero attached hydrogens (tertiary/aromatic N) is 1. The molecule has 0 saturated carbocycles. The average Bonchev–Trinajstić information content (AvgIpc) is 2.57. The Balaban J connectivity index is 2.09. The van der Waals surface area contributed by atoms with Crippen LogP contribution < -0.4 is 11.1 Å². The number of carboxylic acid groups (broad SMARTS) is 1. The number of nitrogens with one attached hydrogen (secondary N) is 1. The molecular formula is C16H18BN3O6. The van der Waals surface area contributed by atoms with E-state index in [1.807, 2.05) is 0 Å². The summed E-state index contributed by atoms with van der Waals surface area (Å²) in [7, 11) is -1.91. The Kier molecular flexibility index (Phi) is 6.15. The molecule has 2 aromatic rings. The number of amides is 1. The van der Waals surface area contributed by atoms with Crippen molar-refractivity contribution in [1.82, 2.24) is 10.3 Å². The maximum absolute atomic E-state index is 12.1. The topological polar surface area (TPSA) is 166 Å². The third kappa shape index (κ3) is 4.95. The Labute approximate surface area is 149 Å². The van der Waals surface area contributed by atoms with Crippen LogP contribution >= 0.6 is 0 Å². The van der Waals surface area contributed by atoms with E-state index in [0.717, 1.165) is 0 Å². The zero-order chi connectivity index (χ0) is 19.3. The SMILES string of the molecule is Nc1ccc(CC(=O)NC(Cc2cccc(C(=O)O)c2O)B(O)O)cn1. The number of nitrogen functional groups attached to an aromatic ring is 1. The van der Waals surface area contributed by atoms with Gasteiger partial charge in [-0.2, -0.15) is 0 Å². The highest BCUT2D eigenvalue weighted by Crippen LogP contribution is 2.24. The maximum Gasteiger partial charge on any atom is 0.475 e. The number of aromatic nitrogens is 1. The molecule has 1 unspecified atom stereocenters. The van der Waals surface area contributed by atoms with E-state index < -0.39 is 30.7 Å². The molecule has 1 atom stereocenters. The van der Waals surface area contributed by atoms with Crippen molar-refractivity contribution in [2.75, 3.05) is 5.73 Å². The van der Waals surface area contributed by atoms with Crippen LogP contribution in [0.3, 0.4) is 0 Å². The molecule has 10 heteroatoms. The summed E-state index contributed by atoms with van der Waals surface area (Å²) in [5.41, 5.74) is 5.90. The minimum absolute atomic E-state index is 0.0579. The van der Waals surface area contributed by atoms with Gasteiger partial charge < -0.3 is 31.3 Å². The number of hydrogen-bond donors (Lipinski definition) is 6. The molecule has 0 spiro atoms. The van der Waals surface area contributed by atoms with Gasteiger partial charge in [-0.1, -0.05) is 18.2 Å². The number of carbonyl (C=O) groups is 2. The highest BCUT2D eigenvalue weighted by molar-refractivity contribution is 6.43. The molecule has 7 N–H and O–H groups in total. The normalized spacial score (nSPS) is 11.6. The van der Waals surface area contributed by atoms with Crippen LogP contribution in [-0.2, 0) is 17.6 Å². The first-order valence-corrected chi connectivity index (χ1v) is 7.68. The number of carboxylic acids is 1. The van der Waals surface area contributed by atoms with E-state index in [1.54, 1.807) is 6.07 Å².